The Bertz CT molecular complexity index is 599. The van der Waals surface area contributed by atoms with Crippen LogP contribution < -0.4 is 10.6 Å². The summed E-state index contributed by atoms with van der Waals surface area (Å²) in [6, 6.07) is 17.1. The number of anilines is 2. The zero-order chi connectivity index (χ0) is 15.1. The number of hydrogen-bond acceptors (Lipinski definition) is 4. The maximum atomic E-state index is 11.9. The van der Waals surface area contributed by atoms with Crippen LogP contribution in [-0.2, 0) is 9.59 Å². The third-order valence-corrected chi connectivity index (χ3v) is 2.59. The van der Waals surface area contributed by atoms with Gasteiger partial charge in [-0.25, -0.2) is 0 Å². The molecule has 21 heavy (non-hydrogen) atoms. The van der Waals surface area contributed by atoms with Crippen molar-refractivity contribution in [3.63, 3.8) is 0 Å². The maximum Gasteiger partial charge on any atom is 0.283 e. The molecule has 2 aromatic carbocycles. The molecule has 0 bridgehead atoms. The number of benzene rings is 2. The fourth-order valence-corrected chi connectivity index (χ4v) is 1.62. The first-order valence-electron chi connectivity index (χ1n) is 6.15. The van der Waals surface area contributed by atoms with E-state index in [4.69, 9.17) is 5.21 Å². The van der Waals surface area contributed by atoms with Crippen molar-refractivity contribution >= 4 is 28.9 Å². The van der Waals surface area contributed by atoms with Crippen LogP contribution >= 0.6 is 0 Å². The molecule has 0 aliphatic rings. The number of para-hydroxylation sites is 2. The monoisotopic (exact) mass is 283 g/mol. The highest BCUT2D eigenvalue weighted by Gasteiger charge is 2.21. The second-order valence-electron chi connectivity index (χ2n) is 4.09. The lowest BCUT2D eigenvalue weighted by molar-refractivity contribution is -0.114. The van der Waals surface area contributed by atoms with Crippen molar-refractivity contribution in [1.82, 2.24) is 0 Å². The number of carbonyl (C=O) groups excluding carboxylic acids is 2. The summed E-state index contributed by atoms with van der Waals surface area (Å²) in [4.78, 5) is 23.8. The molecule has 0 aliphatic carbocycles. The van der Waals surface area contributed by atoms with Gasteiger partial charge in [-0.3, -0.25) is 9.59 Å². The third kappa shape index (κ3) is 3.90. The molecule has 0 radical (unpaired) electrons. The van der Waals surface area contributed by atoms with E-state index in [1.807, 2.05) is 0 Å². The van der Waals surface area contributed by atoms with Crippen molar-refractivity contribution in [3.05, 3.63) is 60.7 Å². The Kier molecular flexibility index (Phi) is 4.66. The van der Waals surface area contributed by atoms with Crippen LogP contribution in [0.1, 0.15) is 0 Å². The molecule has 3 N–H and O–H groups in total. The summed E-state index contributed by atoms with van der Waals surface area (Å²) in [5, 5.41) is 16.6. The SMILES string of the molecule is O=C(Nc1ccccc1)C(=NO)C(=O)Nc1ccccc1. The van der Waals surface area contributed by atoms with Crippen molar-refractivity contribution in [2.75, 3.05) is 10.6 Å². The van der Waals surface area contributed by atoms with E-state index in [0.717, 1.165) is 0 Å². The first-order chi connectivity index (χ1) is 10.2. The van der Waals surface area contributed by atoms with Crippen LogP contribution in [-0.4, -0.2) is 22.7 Å². The molecule has 2 rings (SSSR count). The highest BCUT2D eigenvalue weighted by Crippen LogP contribution is 2.07. The summed E-state index contributed by atoms with van der Waals surface area (Å²) in [5.74, 6) is -1.59. The molecule has 2 aromatic rings. The predicted octanol–water partition coefficient (Wildman–Crippen LogP) is 2.09. The Labute approximate surface area is 121 Å². The minimum absolute atomic E-state index is 0.496. The van der Waals surface area contributed by atoms with Crippen LogP contribution in [0.5, 0.6) is 0 Å². The molecule has 0 fully saturated rings. The molecule has 0 saturated carbocycles. The zero-order valence-electron chi connectivity index (χ0n) is 11.0. The van der Waals surface area contributed by atoms with Crippen LogP contribution in [0.2, 0.25) is 0 Å². The molecule has 6 heteroatoms. The Morgan fingerprint density at radius 3 is 1.48 bits per heavy atom. The van der Waals surface area contributed by atoms with Gasteiger partial charge < -0.3 is 15.8 Å². The van der Waals surface area contributed by atoms with Gasteiger partial charge >= 0.3 is 0 Å². The molecular weight excluding hydrogens is 270 g/mol. The van der Waals surface area contributed by atoms with E-state index < -0.39 is 17.5 Å². The molecule has 0 aliphatic heterocycles. The van der Waals surface area contributed by atoms with Gasteiger partial charge in [0.05, 0.1) is 0 Å². The van der Waals surface area contributed by atoms with E-state index in [-0.39, 0.29) is 0 Å². The van der Waals surface area contributed by atoms with Gasteiger partial charge in [0.15, 0.2) is 0 Å². The van der Waals surface area contributed by atoms with Crippen molar-refractivity contribution in [2.24, 2.45) is 5.16 Å². The zero-order valence-corrected chi connectivity index (χ0v) is 11.0. The number of nitrogens with one attached hydrogen (secondary N) is 2. The van der Waals surface area contributed by atoms with E-state index in [2.05, 4.69) is 15.8 Å². The molecule has 0 spiro atoms. The molecule has 0 aromatic heterocycles. The van der Waals surface area contributed by atoms with Gasteiger partial charge in [0.25, 0.3) is 11.8 Å². The number of oxime groups is 1. The molecule has 0 unspecified atom stereocenters. The van der Waals surface area contributed by atoms with Crippen LogP contribution in [0, 0.1) is 0 Å². The summed E-state index contributed by atoms with van der Waals surface area (Å²) < 4.78 is 0. The highest BCUT2D eigenvalue weighted by atomic mass is 16.4. The summed E-state index contributed by atoms with van der Waals surface area (Å²) >= 11 is 0. The molecule has 0 heterocycles. The smallest absolute Gasteiger partial charge is 0.283 e. The van der Waals surface area contributed by atoms with Gasteiger partial charge in [-0.1, -0.05) is 41.6 Å². The van der Waals surface area contributed by atoms with Gasteiger partial charge in [-0.05, 0) is 24.3 Å². The Hall–Kier alpha value is -3.15. The van der Waals surface area contributed by atoms with Gasteiger partial charge in [0.2, 0.25) is 5.71 Å². The van der Waals surface area contributed by atoms with Crippen molar-refractivity contribution in [1.29, 1.82) is 0 Å². The number of carbonyl (C=O) groups is 2. The standard InChI is InChI=1S/C15H13N3O3/c19-14(16-11-7-3-1-4-8-11)13(18-21)15(20)17-12-9-5-2-6-10-12/h1-10,21H,(H,16,19)(H,17,20). The first-order valence-corrected chi connectivity index (χ1v) is 6.15. The summed E-state index contributed by atoms with van der Waals surface area (Å²) in [6.07, 6.45) is 0. The molecule has 6 nitrogen and oxygen atoms in total. The van der Waals surface area contributed by atoms with Crippen molar-refractivity contribution in [2.45, 2.75) is 0 Å². The summed E-state index contributed by atoms with van der Waals surface area (Å²) in [6.45, 7) is 0. The fraction of sp³-hybridized carbons (Fsp3) is 0. The Balaban J connectivity index is 2.05. The molecule has 106 valence electrons. The normalized spacial score (nSPS) is 9.52. The third-order valence-electron chi connectivity index (χ3n) is 2.59. The number of amides is 2. The molecule has 2 amide bonds. The van der Waals surface area contributed by atoms with Gasteiger partial charge in [0, 0.05) is 11.4 Å². The Morgan fingerprint density at radius 1 is 0.762 bits per heavy atom. The molecule has 0 saturated heterocycles. The van der Waals surface area contributed by atoms with Crippen LogP contribution in [0.3, 0.4) is 0 Å². The van der Waals surface area contributed by atoms with E-state index in [1.54, 1.807) is 60.7 Å². The second-order valence-corrected chi connectivity index (χ2v) is 4.09. The minimum Gasteiger partial charge on any atom is -0.410 e. The highest BCUT2D eigenvalue weighted by molar-refractivity contribution is 6.68. The van der Waals surface area contributed by atoms with Crippen LogP contribution in [0.25, 0.3) is 0 Å². The maximum absolute atomic E-state index is 11.9. The lowest BCUT2D eigenvalue weighted by Crippen LogP contribution is -2.34. The van der Waals surface area contributed by atoms with Crippen molar-refractivity contribution < 1.29 is 14.8 Å². The molecular formula is C15H13N3O3. The average molecular weight is 283 g/mol. The quantitative estimate of drug-likeness (QED) is 0.347. The van der Waals surface area contributed by atoms with E-state index >= 15 is 0 Å². The lowest BCUT2D eigenvalue weighted by Gasteiger charge is -2.07. The van der Waals surface area contributed by atoms with E-state index in [9.17, 15) is 9.59 Å². The summed E-state index contributed by atoms with van der Waals surface area (Å²) in [5.41, 5.74) is 0.370. The summed E-state index contributed by atoms with van der Waals surface area (Å²) in [7, 11) is 0. The number of hydrogen-bond donors (Lipinski definition) is 3. The predicted molar refractivity (Wildman–Crippen MR) is 79.4 cm³/mol. The minimum atomic E-state index is -0.794. The average Bonchev–Trinajstić information content (AvgIpc) is 2.50. The lowest BCUT2D eigenvalue weighted by atomic mass is 10.2. The first kappa shape index (κ1) is 14.3. The van der Waals surface area contributed by atoms with E-state index in [1.165, 1.54) is 0 Å². The van der Waals surface area contributed by atoms with Gasteiger partial charge in [-0.15, -0.1) is 0 Å². The van der Waals surface area contributed by atoms with Gasteiger partial charge in [0.1, 0.15) is 0 Å². The Morgan fingerprint density at radius 2 is 1.14 bits per heavy atom. The largest absolute Gasteiger partial charge is 0.410 e. The van der Waals surface area contributed by atoms with Crippen LogP contribution in [0.15, 0.2) is 65.8 Å². The number of rotatable bonds is 4. The van der Waals surface area contributed by atoms with E-state index in [0.29, 0.717) is 11.4 Å². The van der Waals surface area contributed by atoms with Gasteiger partial charge in [-0.2, -0.15) is 0 Å². The fourth-order valence-electron chi connectivity index (χ4n) is 1.62. The molecule has 0 atom stereocenters. The number of nitrogens with zero attached hydrogens (tertiary/aromatic N) is 1. The van der Waals surface area contributed by atoms with Crippen LogP contribution in [0.4, 0.5) is 11.4 Å². The second kappa shape index (κ2) is 6.85. The van der Waals surface area contributed by atoms with Crippen molar-refractivity contribution in [3.8, 4) is 0 Å². The topological polar surface area (TPSA) is 90.8 Å².